The van der Waals surface area contributed by atoms with Crippen LogP contribution in [0.25, 0.3) is 0 Å². The molecule has 564 valence electrons. The lowest BCUT2D eigenvalue weighted by Gasteiger charge is -2.49. The van der Waals surface area contributed by atoms with Gasteiger partial charge in [0.15, 0.2) is 18.0 Å². The van der Waals surface area contributed by atoms with E-state index in [4.69, 9.17) is 18.9 Å². The van der Waals surface area contributed by atoms with Gasteiger partial charge in [0.1, 0.15) is 67.0 Å². The quantitative estimate of drug-likeness (QED) is 0.0252. The number of carboxylic acid groups (broad SMARTS) is 8. The second-order valence-corrected chi connectivity index (χ2v) is 26.3. The number of nitrogens with one attached hydrogen (secondary N) is 3. The first-order chi connectivity index (χ1) is 45.5. The average molecular weight is 1470 g/mol. The first-order valence-corrected chi connectivity index (χ1v) is 32.4. The first-order valence-electron chi connectivity index (χ1n) is 29.1. The van der Waals surface area contributed by atoms with Gasteiger partial charge in [0.2, 0.25) is 17.7 Å². The number of hydrogen-bond donors (Lipinski definition) is 24. The maximum Gasteiger partial charge on any atom is 0.341 e. The zero-order valence-corrected chi connectivity index (χ0v) is 53.6. The number of carboxylic acids is 8. The van der Waals surface area contributed by atoms with Gasteiger partial charge < -0.3 is 141 Å². The van der Waals surface area contributed by atoms with Crippen molar-refractivity contribution in [2.24, 2.45) is 0 Å². The Balaban J connectivity index is 2.76. The van der Waals surface area contributed by atoms with E-state index in [2.05, 4.69) is 10.6 Å². The third-order valence-corrected chi connectivity index (χ3v) is 18.2. The molecule has 47 nitrogen and oxygen atoms in total. The maximum atomic E-state index is 14.3. The molecule has 0 aromatic heterocycles. The van der Waals surface area contributed by atoms with E-state index in [0.717, 1.165) is 29.4 Å². The fourth-order valence-corrected chi connectivity index (χ4v) is 12.3. The van der Waals surface area contributed by atoms with Crippen LogP contribution in [0.3, 0.4) is 0 Å². The molecule has 0 aromatic rings. The number of aliphatic hydroxyl groups is 9. The molecule has 2 saturated heterocycles. The number of hydrogen-bond acceptors (Lipinski definition) is 32. The molecule has 49 heteroatoms. The van der Waals surface area contributed by atoms with Gasteiger partial charge in [-0.3, -0.25) is 91.3 Å². The van der Waals surface area contributed by atoms with Crippen LogP contribution in [0.15, 0.2) is 0 Å². The molecule has 2 heterocycles. The third-order valence-electron chi connectivity index (χ3n) is 14.5. The number of aliphatic carboxylic acids is 8. The minimum absolute atomic E-state index is 0.316. The molecule has 2 fully saturated rings. The maximum absolute atomic E-state index is 14.3. The summed E-state index contributed by atoms with van der Waals surface area (Å²) in [6.45, 7) is -17.6. The van der Waals surface area contributed by atoms with E-state index in [1.54, 1.807) is 5.32 Å². The Kier molecular flexibility index (Phi) is 37.7. The van der Waals surface area contributed by atoms with Crippen molar-refractivity contribution in [1.82, 2.24) is 45.3 Å². The van der Waals surface area contributed by atoms with Gasteiger partial charge in [0, 0.05) is 52.4 Å². The van der Waals surface area contributed by atoms with Crippen molar-refractivity contribution < 1.29 is 187 Å². The van der Waals surface area contributed by atoms with Crippen molar-refractivity contribution >= 4 is 80.7 Å². The van der Waals surface area contributed by atoms with E-state index in [9.17, 15) is 168 Å². The fourth-order valence-electron chi connectivity index (χ4n) is 9.93. The van der Waals surface area contributed by atoms with Gasteiger partial charge in [-0.25, -0.2) is 0 Å². The molecule has 98 heavy (non-hydrogen) atoms. The third kappa shape index (κ3) is 31.5. The first kappa shape index (κ1) is 87.8. The molecule has 2 aliphatic heterocycles. The largest absolute Gasteiger partial charge is 0.480 e. The summed E-state index contributed by atoms with van der Waals surface area (Å²) in [4.78, 5) is 179. The number of rotatable bonds is 50. The summed E-state index contributed by atoms with van der Waals surface area (Å²) in [5.74, 6) is -16.2. The molecule has 14 atom stereocenters. The molecular formula is C49H85N9O38P2. The Morgan fingerprint density at radius 1 is 0.429 bits per heavy atom. The van der Waals surface area contributed by atoms with E-state index in [1.807, 2.05) is 0 Å². The molecule has 0 radical (unpaired) electrons. The van der Waals surface area contributed by atoms with Crippen molar-refractivity contribution in [2.45, 2.75) is 97.5 Å². The highest BCUT2D eigenvalue weighted by Crippen LogP contribution is 2.61. The van der Waals surface area contributed by atoms with E-state index in [0.29, 0.717) is 0 Å². The lowest BCUT2D eigenvalue weighted by Crippen LogP contribution is -2.70. The summed E-state index contributed by atoms with van der Waals surface area (Å²) >= 11 is 0. The summed E-state index contributed by atoms with van der Waals surface area (Å²) in [6.07, 6.45) is -27.2. The number of amides is 3. The molecular weight excluding hydrogens is 1380 g/mol. The van der Waals surface area contributed by atoms with E-state index < -0.39 is 290 Å². The Morgan fingerprint density at radius 3 is 1.08 bits per heavy atom. The normalized spacial score (nSPS) is 22.8. The van der Waals surface area contributed by atoms with Crippen LogP contribution in [-0.4, -0.2) is 437 Å². The van der Waals surface area contributed by atoms with Gasteiger partial charge in [-0.15, -0.1) is 0 Å². The molecule has 2 rings (SSSR count). The second kappa shape index (κ2) is 42.1. The molecule has 0 aromatic carbocycles. The predicted octanol–water partition coefficient (Wildman–Crippen LogP) is -14.0. The highest BCUT2D eigenvalue weighted by atomic mass is 31.2. The highest BCUT2D eigenvalue weighted by Gasteiger charge is 2.54. The van der Waals surface area contributed by atoms with Gasteiger partial charge in [-0.1, -0.05) is 0 Å². The van der Waals surface area contributed by atoms with Crippen molar-refractivity contribution in [1.29, 1.82) is 0 Å². The smallest absolute Gasteiger partial charge is 0.341 e. The van der Waals surface area contributed by atoms with Gasteiger partial charge in [-0.05, 0) is 0 Å². The Hall–Kier alpha value is -6.29. The van der Waals surface area contributed by atoms with Crippen LogP contribution < -0.4 is 16.0 Å². The Labute approximate surface area is 553 Å². The summed E-state index contributed by atoms with van der Waals surface area (Å²) in [5.41, 5.74) is 0. The Morgan fingerprint density at radius 2 is 0.755 bits per heavy atom. The Bertz CT molecular complexity index is 2700. The standard InChI is InChI=1S/C49H85N9O38P2/c59-20-24(50-28(64)9-39(97(87,88)89)98(90,91)92)42(83)46(25(63)21-60)95-49-41(52-30(66)11-56(15-34(73)74)6-2-54(13-32(69)70)4-8-58(18-37(79)80)19-38(81)82)45(86)47(27(23-62)94-49)96-48-40(44(85)43(84)26(22-61)93-48)51-29(65)10-55(14-33(71)72)5-1-53(12-31(67)68)3-7-57(16-35(75)76)17-36(77)78/h24-27,39-49,59-63,83-86H,1-23H2,(H,50,64)(H,51,65)(H,52,66)(H,67,68)(H,69,70)(H,71,72)(H,73,74)(H,75,76)(H,77,78)(H,79,80)(H,81,82)(H2,87,88,89)(H2,90,91,92)/t24-,25+,26+,27+,40+,41+,42+,43+,44+,45+,46+,47+,48+,49+/m0/s1. The minimum Gasteiger partial charge on any atom is -0.480 e. The molecule has 0 unspecified atom stereocenters. The lowest BCUT2D eigenvalue weighted by atomic mass is 9.94. The van der Waals surface area contributed by atoms with E-state index in [-0.39, 0.29) is 32.7 Å². The summed E-state index contributed by atoms with van der Waals surface area (Å²) in [6, 6.07) is -6.67. The minimum atomic E-state index is -5.80. The van der Waals surface area contributed by atoms with Crippen LogP contribution in [0.4, 0.5) is 0 Å². The molecule has 3 amide bonds. The van der Waals surface area contributed by atoms with Gasteiger partial charge in [0.25, 0.3) is 0 Å². The zero-order chi connectivity index (χ0) is 74.7. The average Bonchev–Trinajstić information content (AvgIpc) is 0.776. The molecule has 2 aliphatic rings. The number of ether oxygens (including phenoxy) is 4. The number of nitrogens with zero attached hydrogens (tertiary/aromatic N) is 6. The van der Waals surface area contributed by atoms with Crippen LogP contribution in [-0.2, 0) is 80.8 Å². The fraction of sp³-hybridized carbons (Fsp3) is 0.776. The summed E-state index contributed by atoms with van der Waals surface area (Å²) in [7, 11) is -11.6. The monoisotopic (exact) mass is 1470 g/mol. The van der Waals surface area contributed by atoms with Crippen LogP contribution in [0.1, 0.15) is 6.42 Å². The van der Waals surface area contributed by atoms with Crippen LogP contribution in [0, 0.1) is 0 Å². The van der Waals surface area contributed by atoms with Gasteiger partial charge in [-0.2, -0.15) is 0 Å². The van der Waals surface area contributed by atoms with Crippen molar-refractivity contribution in [3.8, 4) is 0 Å². The van der Waals surface area contributed by atoms with E-state index in [1.165, 1.54) is 0 Å². The SMILES string of the molecule is O=C(O)CN(CCN(CC(=O)O)CC(=O)O)CCN(CC(=O)O)CC(=O)N[C@H]1[C@@H](O[C@@H]([C@H](O)[C@H](CO)NC(=O)CC(P(=O)(O)O)P(=O)(O)O)[C@H](O)CO)O[C@H](CO)[C@@H](O[C@H]2O[C@H](CO)[C@@H](O)[C@H](O)[C@H]2NC(=O)CN(CCN(CCN(CC(=O)O)CC(=O)O)CC(=O)O)CC(=O)O)[C@@H]1O. The van der Waals surface area contributed by atoms with Crippen LogP contribution in [0.5, 0.6) is 0 Å². The highest BCUT2D eigenvalue weighted by molar-refractivity contribution is 7.70. The predicted molar refractivity (Wildman–Crippen MR) is 313 cm³/mol. The van der Waals surface area contributed by atoms with Crippen molar-refractivity contribution in [3.63, 3.8) is 0 Å². The van der Waals surface area contributed by atoms with Crippen molar-refractivity contribution in [3.05, 3.63) is 0 Å². The molecule has 0 bridgehead atoms. The molecule has 0 saturated carbocycles. The van der Waals surface area contributed by atoms with Gasteiger partial charge >= 0.3 is 62.9 Å². The second-order valence-electron chi connectivity index (χ2n) is 22.3. The van der Waals surface area contributed by atoms with Crippen LogP contribution in [0.2, 0.25) is 0 Å². The summed E-state index contributed by atoms with van der Waals surface area (Å²) < 4.78 is 47.3. The summed E-state index contributed by atoms with van der Waals surface area (Å²) in [5, 5.41) is 178. The molecule has 0 spiro atoms. The number of carbonyl (C=O) groups excluding carboxylic acids is 3. The van der Waals surface area contributed by atoms with E-state index >= 15 is 0 Å². The lowest BCUT2D eigenvalue weighted by molar-refractivity contribution is -0.341. The zero-order valence-electron chi connectivity index (χ0n) is 51.8. The molecule has 24 N–H and O–H groups in total. The van der Waals surface area contributed by atoms with Crippen LogP contribution >= 0.6 is 15.2 Å². The number of aliphatic hydroxyl groups excluding tert-OH is 9. The van der Waals surface area contributed by atoms with Crippen molar-refractivity contribution in [2.75, 3.05) is 144 Å². The topological polar surface area (TPSA) is 739 Å². The van der Waals surface area contributed by atoms with Gasteiger partial charge in [0.05, 0.1) is 104 Å². The number of carbonyl (C=O) groups is 11. The molecule has 0 aliphatic carbocycles.